The maximum absolute atomic E-state index is 13.0. The Morgan fingerprint density at radius 2 is 2.22 bits per heavy atom. The van der Waals surface area contributed by atoms with Gasteiger partial charge in [0, 0.05) is 19.1 Å². The van der Waals surface area contributed by atoms with Gasteiger partial charge >= 0.3 is 0 Å². The Hall–Kier alpha value is -0.570. The molecule has 3 nitrogen and oxygen atoms in total. The summed E-state index contributed by atoms with van der Waals surface area (Å²) >= 11 is 0. The summed E-state index contributed by atoms with van der Waals surface area (Å²) in [5, 5.41) is 3.44. The van der Waals surface area contributed by atoms with Gasteiger partial charge in [0.2, 0.25) is 5.91 Å². The highest BCUT2D eigenvalue weighted by molar-refractivity contribution is 5.83. The third-order valence-electron chi connectivity index (χ3n) is 4.70. The molecule has 104 valence electrons. The van der Waals surface area contributed by atoms with E-state index in [1.165, 1.54) is 6.42 Å². The third kappa shape index (κ3) is 2.56. The molecule has 1 amide bonds. The largest absolute Gasteiger partial charge is 0.339 e. The van der Waals surface area contributed by atoms with Crippen molar-refractivity contribution in [2.75, 3.05) is 19.6 Å². The van der Waals surface area contributed by atoms with Gasteiger partial charge in [0.1, 0.15) is 0 Å². The Kier molecular flexibility index (Phi) is 4.31. The lowest BCUT2D eigenvalue weighted by molar-refractivity contribution is -0.144. The third-order valence-corrected chi connectivity index (χ3v) is 4.70. The first-order chi connectivity index (χ1) is 8.59. The first-order valence-corrected chi connectivity index (χ1v) is 7.61. The number of carbonyl (C=O) groups excluding carboxylic acids is 1. The maximum atomic E-state index is 13.0. The molecule has 2 heterocycles. The van der Waals surface area contributed by atoms with Crippen LogP contribution in [-0.2, 0) is 4.79 Å². The minimum Gasteiger partial charge on any atom is -0.339 e. The first-order valence-electron chi connectivity index (χ1n) is 7.61. The summed E-state index contributed by atoms with van der Waals surface area (Å²) in [5.41, 5.74) is -0.106. The number of nitrogens with zero attached hydrogens (tertiary/aromatic N) is 1. The molecule has 0 saturated carbocycles. The Morgan fingerprint density at radius 3 is 2.72 bits per heavy atom. The second-order valence-corrected chi connectivity index (χ2v) is 6.46. The van der Waals surface area contributed by atoms with Crippen LogP contribution >= 0.6 is 0 Å². The number of hydrogen-bond donors (Lipinski definition) is 1. The molecule has 2 aliphatic rings. The van der Waals surface area contributed by atoms with Crippen molar-refractivity contribution in [3.8, 4) is 0 Å². The zero-order valence-electron chi connectivity index (χ0n) is 12.2. The Balaban J connectivity index is 2.12. The van der Waals surface area contributed by atoms with Crippen LogP contribution in [0.1, 0.15) is 52.9 Å². The van der Waals surface area contributed by atoms with Crippen molar-refractivity contribution in [2.24, 2.45) is 11.3 Å². The molecule has 2 rings (SSSR count). The van der Waals surface area contributed by atoms with Crippen molar-refractivity contribution in [1.29, 1.82) is 0 Å². The van der Waals surface area contributed by atoms with Crippen LogP contribution in [-0.4, -0.2) is 36.5 Å². The number of amides is 1. The van der Waals surface area contributed by atoms with Crippen molar-refractivity contribution < 1.29 is 4.79 Å². The number of nitrogens with one attached hydrogen (secondary N) is 1. The molecule has 18 heavy (non-hydrogen) atoms. The molecule has 2 saturated heterocycles. The quantitative estimate of drug-likeness (QED) is 0.836. The lowest BCUT2D eigenvalue weighted by Gasteiger charge is -2.40. The first kappa shape index (κ1) is 13.9. The molecule has 0 aromatic heterocycles. The Labute approximate surface area is 111 Å². The van der Waals surface area contributed by atoms with E-state index in [1.807, 2.05) is 0 Å². The van der Waals surface area contributed by atoms with E-state index in [-0.39, 0.29) is 5.41 Å². The molecule has 0 aromatic rings. The molecule has 3 heteroatoms. The van der Waals surface area contributed by atoms with Crippen molar-refractivity contribution in [3.63, 3.8) is 0 Å². The Bertz CT molecular complexity index is 291. The lowest BCUT2D eigenvalue weighted by atomic mass is 9.75. The van der Waals surface area contributed by atoms with Crippen LogP contribution in [0, 0.1) is 11.3 Å². The van der Waals surface area contributed by atoms with Gasteiger partial charge in [-0.2, -0.15) is 0 Å². The highest BCUT2D eigenvalue weighted by Gasteiger charge is 2.44. The number of likely N-dealkylation sites (tertiary alicyclic amines) is 1. The molecule has 3 unspecified atom stereocenters. The number of hydrogen-bond acceptors (Lipinski definition) is 2. The van der Waals surface area contributed by atoms with E-state index in [2.05, 4.69) is 31.0 Å². The van der Waals surface area contributed by atoms with Gasteiger partial charge in [0.25, 0.3) is 0 Å². The van der Waals surface area contributed by atoms with Crippen LogP contribution in [0.5, 0.6) is 0 Å². The van der Waals surface area contributed by atoms with Crippen LogP contribution in [0.25, 0.3) is 0 Å². The minimum absolute atomic E-state index is 0.106. The fourth-order valence-electron chi connectivity index (χ4n) is 3.84. The molecular weight excluding hydrogens is 224 g/mol. The molecule has 0 spiro atoms. The minimum atomic E-state index is -0.106. The summed E-state index contributed by atoms with van der Waals surface area (Å²) in [4.78, 5) is 15.1. The van der Waals surface area contributed by atoms with Crippen molar-refractivity contribution in [2.45, 2.75) is 58.9 Å². The van der Waals surface area contributed by atoms with Gasteiger partial charge in [0.05, 0.1) is 5.41 Å². The number of piperidine rings is 1. The summed E-state index contributed by atoms with van der Waals surface area (Å²) in [6.45, 7) is 9.58. The van der Waals surface area contributed by atoms with Gasteiger partial charge in [-0.15, -0.1) is 0 Å². The van der Waals surface area contributed by atoms with E-state index < -0.39 is 0 Å². The van der Waals surface area contributed by atoms with E-state index >= 15 is 0 Å². The molecule has 0 aromatic carbocycles. The van der Waals surface area contributed by atoms with Gasteiger partial charge in [-0.3, -0.25) is 4.79 Å². The molecule has 0 radical (unpaired) electrons. The fraction of sp³-hybridized carbons (Fsp3) is 0.933. The van der Waals surface area contributed by atoms with Crippen LogP contribution in [0.3, 0.4) is 0 Å². The highest BCUT2D eigenvalue weighted by Crippen LogP contribution is 2.36. The SMILES string of the molecule is CCCC1(C(=O)N2CC(C)CC2C)CCCNC1. The monoisotopic (exact) mass is 252 g/mol. The highest BCUT2D eigenvalue weighted by atomic mass is 16.2. The molecule has 0 aliphatic carbocycles. The van der Waals surface area contributed by atoms with Gasteiger partial charge < -0.3 is 10.2 Å². The van der Waals surface area contributed by atoms with E-state index in [1.54, 1.807) is 0 Å². The molecular formula is C15H28N2O. The summed E-state index contributed by atoms with van der Waals surface area (Å²) in [7, 11) is 0. The van der Waals surface area contributed by atoms with Gasteiger partial charge in [-0.05, 0) is 45.1 Å². The average Bonchev–Trinajstić information content (AvgIpc) is 2.69. The average molecular weight is 252 g/mol. The summed E-state index contributed by atoms with van der Waals surface area (Å²) in [6.07, 6.45) is 5.52. The van der Waals surface area contributed by atoms with Gasteiger partial charge in [-0.25, -0.2) is 0 Å². The van der Waals surface area contributed by atoms with E-state index in [0.717, 1.165) is 45.3 Å². The topological polar surface area (TPSA) is 32.3 Å². The Morgan fingerprint density at radius 1 is 1.44 bits per heavy atom. The van der Waals surface area contributed by atoms with Crippen molar-refractivity contribution >= 4 is 5.91 Å². The van der Waals surface area contributed by atoms with Crippen molar-refractivity contribution in [1.82, 2.24) is 10.2 Å². The standard InChI is InChI=1S/C15H28N2O/c1-4-6-15(7-5-8-16-11-15)14(18)17-10-12(2)9-13(17)3/h12-13,16H,4-11H2,1-3H3. The molecule has 2 fully saturated rings. The van der Waals surface area contributed by atoms with Crippen LogP contribution < -0.4 is 5.32 Å². The number of carbonyl (C=O) groups is 1. The smallest absolute Gasteiger partial charge is 0.230 e. The van der Waals surface area contributed by atoms with Crippen LogP contribution in [0.15, 0.2) is 0 Å². The lowest BCUT2D eigenvalue weighted by Crippen LogP contribution is -2.52. The molecule has 3 atom stereocenters. The van der Waals surface area contributed by atoms with E-state index in [4.69, 9.17) is 0 Å². The molecule has 0 bridgehead atoms. The molecule has 2 aliphatic heterocycles. The van der Waals surface area contributed by atoms with Gasteiger partial charge in [-0.1, -0.05) is 20.3 Å². The zero-order valence-corrected chi connectivity index (χ0v) is 12.2. The zero-order chi connectivity index (χ0) is 13.2. The summed E-state index contributed by atoms with van der Waals surface area (Å²) < 4.78 is 0. The normalized spacial score (nSPS) is 36.9. The fourth-order valence-corrected chi connectivity index (χ4v) is 3.84. The van der Waals surface area contributed by atoms with Crippen LogP contribution in [0.4, 0.5) is 0 Å². The predicted molar refractivity (Wildman–Crippen MR) is 74.4 cm³/mol. The van der Waals surface area contributed by atoms with Gasteiger partial charge in [0.15, 0.2) is 0 Å². The van der Waals surface area contributed by atoms with E-state index in [9.17, 15) is 4.79 Å². The van der Waals surface area contributed by atoms with Crippen molar-refractivity contribution in [3.05, 3.63) is 0 Å². The second kappa shape index (κ2) is 5.60. The second-order valence-electron chi connectivity index (χ2n) is 6.46. The predicted octanol–water partition coefficient (Wildman–Crippen LogP) is 2.41. The summed E-state index contributed by atoms with van der Waals surface area (Å²) in [6, 6.07) is 0.433. The number of rotatable bonds is 3. The van der Waals surface area contributed by atoms with Crippen LogP contribution in [0.2, 0.25) is 0 Å². The van der Waals surface area contributed by atoms with E-state index in [0.29, 0.717) is 17.9 Å². The maximum Gasteiger partial charge on any atom is 0.230 e. The molecule has 1 N–H and O–H groups in total. The summed E-state index contributed by atoms with van der Waals surface area (Å²) in [5.74, 6) is 1.09.